The van der Waals surface area contributed by atoms with Crippen molar-refractivity contribution in [2.75, 3.05) is 41.2 Å². The summed E-state index contributed by atoms with van der Waals surface area (Å²) in [6.45, 7) is 1.42. The first-order valence-corrected chi connectivity index (χ1v) is 9.75. The van der Waals surface area contributed by atoms with Crippen molar-refractivity contribution in [2.45, 2.75) is 13.1 Å². The molecule has 1 amide bonds. The lowest BCUT2D eigenvalue weighted by atomic mass is 10.4. The van der Waals surface area contributed by atoms with Gasteiger partial charge in [-0.05, 0) is 37.0 Å². The van der Waals surface area contributed by atoms with Crippen molar-refractivity contribution in [1.29, 1.82) is 0 Å². The van der Waals surface area contributed by atoms with Gasteiger partial charge in [0, 0.05) is 9.75 Å². The van der Waals surface area contributed by atoms with E-state index in [1.165, 1.54) is 0 Å². The predicted molar refractivity (Wildman–Crippen MR) is 101 cm³/mol. The Morgan fingerprint density at radius 3 is 2.04 bits per heavy atom. The number of thiophene rings is 2. The number of amides is 1. The van der Waals surface area contributed by atoms with E-state index in [0.717, 1.165) is 9.75 Å². The Bertz CT molecular complexity index is 568. The molecule has 2 heterocycles. The van der Waals surface area contributed by atoms with Crippen molar-refractivity contribution in [3.63, 3.8) is 0 Å². The summed E-state index contributed by atoms with van der Waals surface area (Å²) >= 11 is 3.22. The van der Waals surface area contributed by atoms with Crippen LogP contribution in [-0.2, 0) is 32.0 Å². The van der Waals surface area contributed by atoms with Crippen molar-refractivity contribution in [3.8, 4) is 0 Å². The Hall–Kier alpha value is -1.49. The molecule has 0 aromatic carbocycles. The summed E-state index contributed by atoms with van der Waals surface area (Å²) in [5, 5.41) is 3.98. The summed E-state index contributed by atoms with van der Waals surface area (Å²) in [4.78, 5) is 18.1. The van der Waals surface area contributed by atoms with Crippen molar-refractivity contribution in [1.82, 2.24) is 9.80 Å². The van der Waals surface area contributed by atoms with E-state index in [4.69, 9.17) is 18.9 Å². The van der Waals surface area contributed by atoms with Crippen LogP contribution in [0.5, 0.6) is 0 Å². The molecule has 0 aliphatic carbocycles. The normalized spacial score (nSPS) is 11.0. The van der Waals surface area contributed by atoms with Gasteiger partial charge >= 0.3 is 6.09 Å². The minimum atomic E-state index is -0.421. The molecule has 0 N–H and O–H groups in total. The molecule has 0 aliphatic heterocycles. The van der Waals surface area contributed by atoms with Crippen LogP contribution in [0, 0.1) is 0 Å². The van der Waals surface area contributed by atoms with Gasteiger partial charge in [-0.1, -0.05) is 12.1 Å². The molecule has 0 radical (unpaired) electrons. The van der Waals surface area contributed by atoms with Crippen molar-refractivity contribution in [2.24, 2.45) is 0 Å². The Morgan fingerprint density at radius 1 is 0.923 bits per heavy atom. The molecule has 2 rings (SSSR count). The fraction of sp³-hybridized carbons (Fsp3) is 0.471. The highest BCUT2D eigenvalue weighted by Crippen LogP contribution is 2.17. The molecule has 7 nitrogen and oxygen atoms in total. The van der Waals surface area contributed by atoms with Crippen LogP contribution in [-0.4, -0.2) is 57.1 Å². The summed E-state index contributed by atoms with van der Waals surface area (Å²) in [6, 6.07) is 7.93. The predicted octanol–water partition coefficient (Wildman–Crippen LogP) is 3.39. The Morgan fingerprint density at radius 2 is 1.50 bits per heavy atom. The van der Waals surface area contributed by atoms with Crippen LogP contribution >= 0.6 is 22.7 Å². The van der Waals surface area contributed by atoms with Crippen LogP contribution in [0.1, 0.15) is 9.75 Å². The molecule has 0 saturated carbocycles. The van der Waals surface area contributed by atoms with E-state index in [1.54, 1.807) is 27.6 Å². The SMILES string of the molecule is CN(C)COCOCOCOC(=O)N(Cc1cccs1)Cc1cccs1. The average Bonchev–Trinajstić information content (AvgIpc) is 3.30. The second-order valence-corrected chi connectivity index (χ2v) is 7.66. The summed E-state index contributed by atoms with van der Waals surface area (Å²) < 4.78 is 20.7. The molecule has 0 unspecified atom stereocenters. The third-order valence-electron chi connectivity index (χ3n) is 3.06. The quantitative estimate of drug-likeness (QED) is 0.402. The van der Waals surface area contributed by atoms with Gasteiger partial charge in [-0.25, -0.2) is 4.79 Å². The summed E-state index contributed by atoms with van der Waals surface area (Å²) in [7, 11) is 3.79. The summed E-state index contributed by atoms with van der Waals surface area (Å²) in [5.41, 5.74) is 0. The summed E-state index contributed by atoms with van der Waals surface area (Å²) in [5.74, 6) is 0. The van der Waals surface area contributed by atoms with Gasteiger partial charge in [0.05, 0.1) is 13.1 Å². The molecule has 0 fully saturated rings. The number of nitrogens with zero attached hydrogens (tertiary/aromatic N) is 2. The monoisotopic (exact) mass is 400 g/mol. The van der Waals surface area contributed by atoms with Crippen LogP contribution < -0.4 is 0 Å². The molecule has 2 aromatic rings. The first-order valence-electron chi connectivity index (χ1n) is 7.99. The van der Waals surface area contributed by atoms with Gasteiger partial charge in [-0.15, -0.1) is 22.7 Å². The molecule has 144 valence electrons. The maximum Gasteiger partial charge on any atom is 0.412 e. The third kappa shape index (κ3) is 8.26. The Balaban J connectivity index is 1.68. The lowest BCUT2D eigenvalue weighted by Gasteiger charge is -2.21. The topological polar surface area (TPSA) is 60.5 Å². The van der Waals surface area contributed by atoms with Crippen molar-refractivity contribution < 1.29 is 23.7 Å². The van der Waals surface area contributed by atoms with Crippen LogP contribution in [0.4, 0.5) is 4.79 Å². The molecule has 0 spiro atoms. The minimum absolute atomic E-state index is 0.00341. The number of hydrogen-bond acceptors (Lipinski definition) is 8. The summed E-state index contributed by atoms with van der Waals surface area (Å²) in [6.07, 6.45) is -0.421. The zero-order valence-electron chi connectivity index (χ0n) is 15.0. The minimum Gasteiger partial charge on any atom is -0.422 e. The lowest BCUT2D eigenvalue weighted by molar-refractivity contribution is -0.167. The largest absolute Gasteiger partial charge is 0.422 e. The van der Waals surface area contributed by atoms with Crippen LogP contribution in [0.2, 0.25) is 0 Å². The molecule has 2 aromatic heterocycles. The van der Waals surface area contributed by atoms with Crippen molar-refractivity contribution >= 4 is 28.8 Å². The molecule has 0 bridgehead atoms. The fourth-order valence-corrected chi connectivity index (χ4v) is 3.39. The Labute approximate surface area is 161 Å². The highest BCUT2D eigenvalue weighted by Gasteiger charge is 2.17. The zero-order valence-corrected chi connectivity index (χ0v) is 16.6. The molecule has 0 saturated heterocycles. The first-order chi connectivity index (χ1) is 12.6. The highest BCUT2D eigenvalue weighted by molar-refractivity contribution is 7.10. The molecule has 0 atom stereocenters. The molecular formula is C17H24N2O5S2. The van der Waals surface area contributed by atoms with E-state index in [2.05, 4.69) is 0 Å². The number of rotatable bonds is 12. The lowest BCUT2D eigenvalue weighted by Crippen LogP contribution is -2.31. The van der Waals surface area contributed by atoms with Gasteiger partial charge in [0.25, 0.3) is 0 Å². The number of carbonyl (C=O) groups is 1. The molecule has 0 aliphatic rings. The van der Waals surface area contributed by atoms with Gasteiger partial charge < -0.3 is 18.9 Å². The van der Waals surface area contributed by atoms with Gasteiger partial charge in [-0.3, -0.25) is 9.80 Å². The van der Waals surface area contributed by atoms with Crippen molar-refractivity contribution in [3.05, 3.63) is 44.8 Å². The van der Waals surface area contributed by atoms with E-state index in [9.17, 15) is 4.79 Å². The van der Waals surface area contributed by atoms with Gasteiger partial charge in [-0.2, -0.15) is 0 Å². The van der Waals surface area contributed by atoms with E-state index < -0.39 is 6.09 Å². The van der Waals surface area contributed by atoms with E-state index >= 15 is 0 Å². The fourth-order valence-electron chi connectivity index (χ4n) is 1.96. The van der Waals surface area contributed by atoms with Crippen LogP contribution in [0.3, 0.4) is 0 Å². The first kappa shape index (κ1) is 20.8. The standard InChI is InChI=1S/C17H24N2O5S2/c1-18(2)11-21-12-22-13-23-14-24-17(20)19(9-15-5-3-7-25-15)10-16-6-4-8-26-16/h3-8H,9-14H2,1-2H3. The number of carbonyl (C=O) groups excluding carboxylic acids is 1. The maximum absolute atomic E-state index is 12.4. The van der Waals surface area contributed by atoms with Crippen LogP contribution in [0.15, 0.2) is 35.0 Å². The second-order valence-electron chi connectivity index (χ2n) is 5.60. The molecule has 26 heavy (non-hydrogen) atoms. The van der Waals surface area contributed by atoms with Gasteiger partial charge in [0.1, 0.15) is 6.73 Å². The average molecular weight is 401 g/mol. The second kappa shape index (κ2) is 12.0. The molecule has 9 heteroatoms. The smallest absolute Gasteiger partial charge is 0.412 e. The number of hydrogen-bond donors (Lipinski definition) is 0. The van der Waals surface area contributed by atoms with E-state index in [0.29, 0.717) is 19.8 Å². The van der Waals surface area contributed by atoms with E-state index in [1.807, 2.05) is 54.0 Å². The zero-order chi connectivity index (χ0) is 18.6. The number of ether oxygens (including phenoxy) is 4. The van der Waals surface area contributed by atoms with Crippen LogP contribution in [0.25, 0.3) is 0 Å². The Kier molecular flexibility index (Phi) is 9.61. The van der Waals surface area contributed by atoms with Gasteiger partial charge in [0.2, 0.25) is 0 Å². The maximum atomic E-state index is 12.4. The third-order valence-corrected chi connectivity index (χ3v) is 4.78. The highest BCUT2D eigenvalue weighted by atomic mass is 32.1. The van der Waals surface area contributed by atoms with E-state index in [-0.39, 0.29) is 20.4 Å². The van der Waals surface area contributed by atoms with Gasteiger partial charge in [0.15, 0.2) is 20.4 Å². The molecular weight excluding hydrogens is 376 g/mol.